The predicted molar refractivity (Wildman–Crippen MR) is 107 cm³/mol. The Morgan fingerprint density at radius 2 is 1.86 bits per heavy atom. The molecule has 28 heavy (non-hydrogen) atoms. The molecule has 1 aliphatic carbocycles. The number of halogens is 3. The summed E-state index contributed by atoms with van der Waals surface area (Å²) >= 11 is 5.90. The van der Waals surface area contributed by atoms with Gasteiger partial charge in [0.05, 0.1) is 5.75 Å². The van der Waals surface area contributed by atoms with E-state index in [1.807, 2.05) is 0 Å². The van der Waals surface area contributed by atoms with E-state index in [1.54, 1.807) is 4.57 Å². The molecule has 1 N–H and O–H groups in total. The highest BCUT2D eigenvalue weighted by molar-refractivity contribution is 9.10. The number of carboxylic acid groups (broad SMARTS) is 1. The molecule has 5 nitrogen and oxygen atoms in total. The van der Waals surface area contributed by atoms with E-state index >= 15 is 0 Å². The summed E-state index contributed by atoms with van der Waals surface area (Å²) in [4.78, 5) is 11.8. The van der Waals surface area contributed by atoms with Gasteiger partial charge in [0.25, 0.3) is 0 Å². The maximum atomic E-state index is 13.8. The van der Waals surface area contributed by atoms with E-state index in [-0.39, 0.29) is 5.75 Å². The number of aromatic nitrogens is 3. The first-order valence-corrected chi connectivity index (χ1v) is 11.1. The first-order valence-electron chi connectivity index (χ1n) is 8.51. The molecule has 0 amide bonds. The van der Waals surface area contributed by atoms with E-state index in [0.29, 0.717) is 15.5 Å². The summed E-state index contributed by atoms with van der Waals surface area (Å²) in [6, 6.07) is 3.55. The molecule has 4 rings (SSSR count). The first kappa shape index (κ1) is 19.5. The van der Waals surface area contributed by atoms with Crippen LogP contribution in [0.2, 0.25) is 0 Å². The average molecular weight is 486 g/mol. The number of hydrogen-bond acceptors (Lipinski definition) is 5. The zero-order valence-corrected chi connectivity index (χ0v) is 17.6. The van der Waals surface area contributed by atoms with Crippen LogP contribution in [0.15, 0.2) is 28.1 Å². The number of carbonyl (C=O) groups is 1. The molecule has 1 aromatic carbocycles. The molecule has 0 fully saturated rings. The highest BCUT2D eigenvalue weighted by Gasteiger charge is 2.26. The molecule has 3 aromatic rings. The van der Waals surface area contributed by atoms with Gasteiger partial charge in [-0.1, -0.05) is 11.8 Å². The number of benzene rings is 1. The summed E-state index contributed by atoms with van der Waals surface area (Å²) in [7, 11) is 0. The quantitative estimate of drug-likeness (QED) is 0.509. The Morgan fingerprint density at radius 1 is 1.18 bits per heavy atom. The van der Waals surface area contributed by atoms with Crippen molar-refractivity contribution < 1.29 is 18.7 Å². The van der Waals surface area contributed by atoms with E-state index in [1.165, 1.54) is 23.5 Å². The SMILES string of the molecule is O=C(O)CSc1nnc(Br)n1-c1sc(-c2cc(F)cc(F)c2)c2c1CCCC2. The van der Waals surface area contributed by atoms with Crippen molar-refractivity contribution >= 4 is 45.0 Å². The minimum Gasteiger partial charge on any atom is -0.481 e. The Kier molecular flexibility index (Phi) is 5.52. The molecule has 0 unspecified atom stereocenters. The van der Waals surface area contributed by atoms with Crippen LogP contribution in [0, 0.1) is 11.6 Å². The summed E-state index contributed by atoms with van der Waals surface area (Å²) in [5, 5.41) is 18.4. The lowest BCUT2D eigenvalue weighted by molar-refractivity contribution is -0.133. The monoisotopic (exact) mass is 485 g/mol. The second-order valence-corrected chi connectivity index (χ2v) is 8.98. The van der Waals surface area contributed by atoms with Gasteiger partial charge in [0.2, 0.25) is 4.73 Å². The highest BCUT2D eigenvalue weighted by atomic mass is 79.9. The molecule has 1 aliphatic rings. The molecule has 10 heteroatoms. The van der Waals surface area contributed by atoms with Gasteiger partial charge in [-0.25, -0.2) is 8.78 Å². The van der Waals surface area contributed by atoms with Crippen LogP contribution in [-0.2, 0) is 17.6 Å². The van der Waals surface area contributed by atoms with Crippen molar-refractivity contribution in [2.75, 3.05) is 5.75 Å². The third-order valence-corrected chi connectivity index (χ3v) is 7.18. The van der Waals surface area contributed by atoms with E-state index < -0.39 is 17.6 Å². The second kappa shape index (κ2) is 7.92. The Labute approximate surface area is 175 Å². The van der Waals surface area contributed by atoms with Gasteiger partial charge in [0.15, 0.2) is 5.16 Å². The Balaban J connectivity index is 1.87. The predicted octanol–water partition coefficient (Wildman–Crippen LogP) is 5.09. The average Bonchev–Trinajstić information content (AvgIpc) is 3.19. The molecular formula is C18H14BrF2N3O2S2. The van der Waals surface area contributed by atoms with E-state index in [2.05, 4.69) is 26.1 Å². The maximum absolute atomic E-state index is 13.8. The van der Waals surface area contributed by atoms with Gasteiger partial charge in [-0.05, 0) is 70.4 Å². The minimum atomic E-state index is -0.945. The fourth-order valence-corrected chi connectivity index (χ4v) is 6.12. The molecule has 2 aromatic heterocycles. The van der Waals surface area contributed by atoms with Crippen molar-refractivity contribution in [2.24, 2.45) is 0 Å². The third-order valence-electron chi connectivity index (χ3n) is 4.45. The second-order valence-electron chi connectivity index (χ2n) is 6.33. The van der Waals surface area contributed by atoms with Gasteiger partial charge in [-0.2, -0.15) is 0 Å². The topological polar surface area (TPSA) is 68.0 Å². The molecule has 0 saturated heterocycles. The fraction of sp³-hybridized carbons (Fsp3) is 0.278. The summed E-state index contributed by atoms with van der Waals surface area (Å²) in [5.74, 6) is -2.31. The van der Waals surface area contributed by atoms with E-state index in [0.717, 1.165) is 64.5 Å². The third kappa shape index (κ3) is 3.72. The van der Waals surface area contributed by atoms with Crippen molar-refractivity contribution in [1.29, 1.82) is 0 Å². The number of thiophene rings is 1. The Hall–Kier alpha value is -1.78. The summed E-state index contributed by atoms with van der Waals surface area (Å²) < 4.78 is 29.9. The van der Waals surface area contributed by atoms with Crippen molar-refractivity contribution in [2.45, 2.75) is 30.8 Å². The van der Waals surface area contributed by atoms with Crippen molar-refractivity contribution in [1.82, 2.24) is 14.8 Å². The Bertz CT molecular complexity index is 1050. The normalized spacial score (nSPS) is 13.5. The van der Waals surface area contributed by atoms with Crippen molar-refractivity contribution in [3.63, 3.8) is 0 Å². The zero-order chi connectivity index (χ0) is 19.8. The van der Waals surface area contributed by atoms with Gasteiger partial charge in [-0.3, -0.25) is 9.36 Å². The van der Waals surface area contributed by atoms with Crippen LogP contribution in [0.5, 0.6) is 0 Å². The lowest BCUT2D eigenvalue weighted by atomic mass is 9.91. The van der Waals surface area contributed by atoms with Crippen LogP contribution < -0.4 is 0 Å². The van der Waals surface area contributed by atoms with Crippen LogP contribution in [0.1, 0.15) is 24.0 Å². The van der Waals surface area contributed by atoms with E-state index in [9.17, 15) is 13.6 Å². The molecule has 146 valence electrons. The molecule has 0 bridgehead atoms. The molecule has 0 aliphatic heterocycles. The van der Waals surface area contributed by atoms with Gasteiger partial charge in [-0.15, -0.1) is 21.5 Å². The van der Waals surface area contributed by atoms with Gasteiger partial charge in [0, 0.05) is 10.9 Å². The van der Waals surface area contributed by atoms with Crippen LogP contribution >= 0.6 is 39.0 Å². The number of fused-ring (bicyclic) bond motifs is 1. The summed E-state index contributed by atoms with van der Waals surface area (Å²) in [5.41, 5.74) is 2.70. The van der Waals surface area contributed by atoms with E-state index in [4.69, 9.17) is 5.11 Å². The van der Waals surface area contributed by atoms with Gasteiger partial charge in [0.1, 0.15) is 16.6 Å². The maximum Gasteiger partial charge on any atom is 0.313 e. The standard InChI is InChI=1S/C18H14BrF2N3O2S2/c19-17-22-23-18(27-8-14(25)26)24(17)16-13-4-2-1-3-12(13)15(28-16)9-5-10(20)7-11(21)6-9/h5-7H,1-4,8H2,(H,25,26). The summed E-state index contributed by atoms with van der Waals surface area (Å²) in [6.45, 7) is 0. The van der Waals surface area contributed by atoms with Crippen LogP contribution in [0.3, 0.4) is 0 Å². The lowest BCUT2D eigenvalue weighted by Crippen LogP contribution is -2.06. The van der Waals surface area contributed by atoms with Crippen LogP contribution in [0.25, 0.3) is 15.4 Å². The largest absolute Gasteiger partial charge is 0.481 e. The molecule has 0 atom stereocenters. The number of rotatable bonds is 5. The molecule has 2 heterocycles. The fourth-order valence-electron chi connectivity index (χ4n) is 3.35. The number of thioether (sulfide) groups is 1. The minimum absolute atomic E-state index is 0.138. The highest BCUT2D eigenvalue weighted by Crippen LogP contribution is 2.44. The zero-order valence-electron chi connectivity index (χ0n) is 14.4. The number of aliphatic carboxylic acids is 1. The smallest absolute Gasteiger partial charge is 0.313 e. The number of nitrogens with zero attached hydrogens (tertiary/aromatic N) is 3. The number of hydrogen-bond donors (Lipinski definition) is 1. The molecule has 0 spiro atoms. The number of carboxylic acids is 1. The first-order chi connectivity index (χ1) is 13.4. The lowest BCUT2D eigenvalue weighted by Gasteiger charge is -2.15. The van der Waals surface area contributed by atoms with Crippen molar-refractivity contribution in [3.05, 3.63) is 45.7 Å². The van der Waals surface area contributed by atoms with Crippen molar-refractivity contribution in [3.8, 4) is 15.4 Å². The van der Waals surface area contributed by atoms with Gasteiger partial charge < -0.3 is 5.11 Å². The Morgan fingerprint density at radius 3 is 2.54 bits per heavy atom. The van der Waals surface area contributed by atoms with Crippen LogP contribution in [0.4, 0.5) is 8.78 Å². The summed E-state index contributed by atoms with van der Waals surface area (Å²) in [6.07, 6.45) is 3.70. The molecule has 0 saturated carbocycles. The van der Waals surface area contributed by atoms with Gasteiger partial charge >= 0.3 is 5.97 Å². The van der Waals surface area contributed by atoms with Crippen LogP contribution in [-0.4, -0.2) is 31.6 Å². The molecular weight excluding hydrogens is 472 g/mol. The molecule has 0 radical (unpaired) electrons.